The minimum absolute atomic E-state index is 0.0333. The highest BCUT2D eigenvalue weighted by Crippen LogP contribution is 2.23. The molecule has 1 N–H and O–H groups in total. The van der Waals surface area contributed by atoms with Crippen molar-refractivity contribution in [1.82, 2.24) is 10.2 Å². The van der Waals surface area contributed by atoms with E-state index in [1.165, 1.54) is 0 Å². The second-order valence-corrected chi connectivity index (χ2v) is 6.43. The number of hydrogen-bond donors (Lipinski definition) is 1. The highest BCUT2D eigenvalue weighted by atomic mass is 35.5. The number of nitrogens with one attached hydrogen (secondary N) is 1. The van der Waals surface area contributed by atoms with Gasteiger partial charge in [-0.1, -0.05) is 35.3 Å². The summed E-state index contributed by atoms with van der Waals surface area (Å²) in [5.41, 5.74) is 1.50. The molecule has 1 amide bonds. The fourth-order valence-electron chi connectivity index (χ4n) is 2.38. The summed E-state index contributed by atoms with van der Waals surface area (Å²) in [6, 6.07) is 12.7. The molecule has 0 aliphatic rings. The zero-order chi connectivity index (χ0) is 17.7. The Bertz CT molecular complexity index is 703. The fraction of sp³-hybridized carbons (Fsp3) is 0.278. The molecule has 0 spiro atoms. The first-order chi connectivity index (χ1) is 11.4. The molecule has 24 heavy (non-hydrogen) atoms. The van der Waals surface area contributed by atoms with Gasteiger partial charge in [0.1, 0.15) is 5.75 Å². The SMILES string of the molecule is COc1ccc([C@H](CNC(=O)c2ccc(Cl)cc2Cl)N(C)C)cc1. The summed E-state index contributed by atoms with van der Waals surface area (Å²) in [6.07, 6.45) is 0. The Morgan fingerprint density at radius 1 is 1.17 bits per heavy atom. The van der Waals surface area contributed by atoms with E-state index in [0.29, 0.717) is 22.2 Å². The summed E-state index contributed by atoms with van der Waals surface area (Å²) in [4.78, 5) is 14.4. The van der Waals surface area contributed by atoms with Crippen molar-refractivity contribution in [1.29, 1.82) is 0 Å². The van der Waals surface area contributed by atoms with Crippen LogP contribution in [-0.2, 0) is 0 Å². The predicted octanol–water partition coefficient (Wildman–Crippen LogP) is 4.03. The standard InChI is InChI=1S/C18H20Cl2N2O2/c1-22(2)17(12-4-7-14(24-3)8-5-12)11-21-18(23)15-9-6-13(19)10-16(15)20/h4-10,17H,11H2,1-3H3,(H,21,23)/t17-/m0/s1. The molecule has 0 aliphatic carbocycles. The normalized spacial score (nSPS) is 12.1. The summed E-state index contributed by atoms with van der Waals surface area (Å²) < 4.78 is 5.18. The number of likely N-dealkylation sites (N-methyl/N-ethyl adjacent to an activating group) is 1. The molecule has 2 aromatic rings. The number of halogens is 2. The van der Waals surface area contributed by atoms with Crippen LogP contribution in [0.3, 0.4) is 0 Å². The second kappa shape index (κ2) is 8.38. The number of methoxy groups -OCH3 is 1. The zero-order valence-electron chi connectivity index (χ0n) is 13.8. The number of carbonyl (C=O) groups is 1. The van der Waals surface area contributed by atoms with Gasteiger partial charge in [0.15, 0.2) is 0 Å². The minimum Gasteiger partial charge on any atom is -0.497 e. The number of nitrogens with zero attached hydrogens (tertiary/aromatic N) is 1. The Morgan fingerprint density at radius 3 is 2.38 bits per heavy atom. The lowest BCUT2D eigenvalue weighted by Gasteiger charge is -2.25. The van der Waals surface area contributed by atoms with E-state index in [0.717, 1.165) is 11.3 Å². The van der Waals surface area contributed by atoms with Gasteiger partial charge in [-0.15, -0.1) is 0 Å². The van der Waals surface area contributed by atoms with Crippen LogP contribution in [0, 0.1) is 0 Å². The van der Waals surface area contributed by atoms with Crippen LogP contribution in [0.25, 0.3) is 0 Å². The number of benzene rings is 2. The third-order valence-electron chi connectivity index (χ3n) is 3.76. The van der Waals surface area contributed by atoms with Crippen molar-refractivity contribution in [2.45, 2.75) is 6.04 Å². The van der Waals surface area contributed by atoms with Gasteiger partial charge in [-0.2, -0.15) is 0 Å². The molecule has 0 saturated carbocycles. The van der Waals surface area contributed by atoms with Crippen LogP contribution in [0.1, 0.15) is 22.0 Å². The smallest absolute Gasteiger partial charge is 0.252 e. The van der Waals surface area contributed by atoms with Gasteiger partial charge < -0.3 is 15.0 Å². The van der Waals surface area contributed by atoms with Crippen molar-refractivity contribution in [3.63, 3.8) is 0 Å². The number of rotatable bonds is 6. The fourth-order valence-corrected chi connectivity index (χ4v) is 2.88. The minimum atomic E-state index is -0.225. The largest absolute Gasteiger partial charge is 0.497 e. The molecule has 0 heterocycles. The van der Waals surface area contributed by atoms with Crippen molar-refractivity contribution >= 4 is 29.1 Å². The predicted molar refractivity (Wildman–Crippen MR) is 98.2 cm³/mol. The summed E-state index contributed by atoms with van der Waals surface area (Å²) in [5, 5.41) is 3.77. The molecule has 0 radical (unpaired) electrons. The summed E-state index contributed by atoms with van der Waals surface area (Å²) in [6.45, 7) is 0.455. The first-order valence-corrected chi connectivity index (χ1v) is 8.21. The van der Waals surface area contributed by atoms with Crippen LogP contribution in [0.2, 0.25) is 10.0 Å². The number of hydrogen-bond acceptors (Lipinski definition) is 3. The van der Waals surface area contributed by atoms with Crippen molar-refractivity contribution < 1.29 is 9.53 Å². The molecular formula is C18H20Cl2N2O2. The summed E-state index contributed by atoms with van der Waals surface area (Å²) in [7, 11) is 5.57. The molecule has 6 heteroatoms. The lowest BCUT2D eigenvalue weighted by molar-refractivity contribution is 0.0942. The Hall–Kier alpha value is -1.75. The highest BCUT2D eigenvalue weighted by Gasteiger charge is 2.17. The van der Waals surface area contributed by atoms with E-state index in [2.05, 4.69) is 5.32 Å². The first kappa shape index (κ1) is 18.6. The maximum atomic E-state index is 12.4. The van der Waals surface area contributed by atoms with E-state index in [4.69, 9.17) is 27.9 Å². The summed E-state index contributed by atoms with van der Waals surface area (Å²) in [5.74, 6) is 0.574. The quantitative estimate of drug-likeness (QED) is 0.838. The molecular weight excluding hydrogens is 347 g/mol. The maximum Gasteiger partial charge on any atom is 0.252 e. The monoisotopic (exact) mass is 366 g/mol. The van der Waals surface area contributed by atoms with E-state index >= 15 is 0 Å². The Kier molecular flexibility index (Phi) is 6.49. The van der Waals surface area contributed by atoms with Gasteiger partial charge in [-0.3, -0.25) is 4.79 Å². The Labute approximate surface area is 152 Å². The van der Waals surface area contributed by atoms with E-state index < -0.39 is 0 Å². The van der Waals surface area contributed by atoms with Crippen LogP contribution in [0.15, 0.2) is 42.5 Å². The summed E-state index contributed by atoms with van der Waals surface area (Å²) >= 11 is 11.9. The average Bonchev–Trinajstić information content (AvgIpc) is 2.55. The van der Waals surface area contributed by atoms with E-state index in [9.17, 15) is 4.79 Å². The van der Waals surface area contributed by atoms with Crippen molar-refractivity contribution in [2.24, 2.45) is 0 Å². The molecule has 4 nitrogen and oxygen atoms in total. The van der Waals surface area contributed by atoms with Crippen LogP contribution in [0.4, 0.5) is 0 Å². The second-order valence-electron chi connectivity index (χ2n) is 5.59. The van der Waals surface area contributed by atoms with Crippen LogP contribution in [-0.4, -0.2) is 38.6 Å². The van der Waals surface area contributed by atoms with Gasteiger partial charge in [-0.05, 0) is 50.0 Å². The van der Waals surface area contributed by atoms with Gasteiger partial charge in [0, 0.05) is 11.6 Å². The molecule has 2 rings (SSSR count). The molecule has 0 saturated heterocycles. The van der Waals surface area contributed by atoms with Crippen molar-refractivity contribution in [3.05, 3.63) is 63.6 Å². The molecule has 0 fully saturated rings. The molecule has 2 aromatic carbocycles. The Balaban J connectivity index is 2.09. The van der Waals surface area contributed by atoms with Gasteiger partial charge in [0.2, 0.25) is 0 Å². The van der Waals surface area contributed by atoms with E-state index in [1.54, 1.807) is 25.3 Å². The molecule has 0 aromatic heterocycles. The molecule has 0 aliphatic heterocycles. The number of amides is 1. The van der Waals surface area contributed by atoms with Gasteiger partial charge in [-0.25, -0.2) is 0 Å². The van der Waals surface area contributed by atoms with Crippen molar-refractivity contribution in [3.8, 4) is 5.75 Å². The third-order valence-corrected chi connectivity index (χ3v) is 4.30. The van der Waals surface area contributed by atoms with Crippen LogP contribution in [0.5, 0.6) is 5.75 Å². The Morgan fingerprint density at radius 2 is 1.83 bits per heavy atom. The number of ether oxygens (including phenoxy) is 1. The molecule has 0 bridgehead atoms. The third kappa shape index (κ3) is 4.63. The lowest BCUT2D eigenvalue weighted by atomic mass is 10.1. The average molecular weight is 367 g/mol. The van der Waals surface area contributed by atoms with Gasteiger partial charge in [0.05, 0.1) is 23.7 Å². The number of carbonyl (C=O) groups excluding carboxylic acids is 1. The zero-order valence-corrected chi connectivity index (χ0v) is 15.4. The topological polar surface area (TPSA) is 41.6 Å². The van der Waals surface area contributed by atoms with Crippen molar-refractivity contribution in [2.75, 3.05) is 27.7 Å². The molecule has 128 valence electrons. The van der Waals surface area contributed by atoms with E-state index in [-0.39, 0.29) is 11.9 Å². The van der Waals surface area contributed by atoms with Gasteiger partial charge >= 0.3 is 0 Å². The van der Waals surface area contributed by atoms with Crippen LogP contribution >= 0.6 is 23.2 Å². The van der Waals surface area contributed by atoms with Gasteiger partial charge in [0.25, 0.3) is 5.91 Å². The first-order valence-electron chi connectivity index (χ1n) is 7.46. The highest BCUT2D eigenvalue weighted by molar-refractivity contribution is 6.36. The van der Waals surface area contributed by atoms with Crippen LogP contribution < -0.4 is 10.1 Å². The van der Waals surface area contributed by atoms with E-state index in [1.807, 2.05) is 43.3 Å². The molecule has 0 unspecified atom stereocenters. The maximum absolute atomic E-state index is 12.4. The lowest BCUT2D eigenvalue weighted by Crippen LogP contribution is -2.34. The molecule has 1 atom stereocenters.